The summed E-state index contributed by atoms with van der Waals surface area (Å²) in [6.07, 6.45) is 5.18. The van der Waals surface area contributed by atoms with Crippen molar-refractivity contribution in [2.45, 2.75) is 78.1 Å². The maximum atomic E-state index is 2.35. The Kier molecular flexibility index (Phi) is 4.60. The molecule has 0 spiro atoms. The van der Waals surface area contributed by atoms with Crippen molar-refractivity contribution in [3.05, 3.63) is 70.8 Å². The van der Waals surface area contributed by atoms with Gasteiger partial charge in [-0.3, -0.25) is 0 Å². The SMILES string of the molecule is CC(C)(C)c1ccc(CC2(Cc3ccc(C(C)(C)C)cc3)CC2)cc1. The van der Waals surface area contributed by atoms with Crippen LogP contribution in [-0.4, -0.2) is 0 Å². The van der Waals surface area contributed by atoms with Crippen molar-refractivity contribution < 1.29 is 0 Å². The van der Waals surface area contributed by atoms with Crippen molar-refractivity contribution in [3.63, 3.8) is 0 Å². The molecule has 0 aliphatic heterocycles. The van der Waals surface area contributed by atoms with E-state index in [1.54, 1.807) is 0 Å². The first kappa shape index (κ1) is 18.2. The molecular weight excluding hydrogens is 300 g/mol. The zero-order chi connectivity index (χ0) is 18.3. The van der Waals surface area contributed by atoms with Gasteiger partial charge >= 0.3 is 0 Å². The molecule has 2 aromatic rings. The third-order valence-electron chi connectivity index (χ3n) is 5.76. The van der Waals surface area contributed by atoms with Crippen molar-refractivity contribution in [2.24, 2.45) is 5.41 Å². The molecule has 134 valence electrons. The average molecular weight is 335 g/mol. The van der Waals surface area contributed by atoms with Crippen LogP contribution in [0.4, 0.5) is 0 Å². The van der Waals surface area contributed by atoms with Gasteiger partial charge in [-0.15, -0.1) is 0 Å². The molecule has 1 fully saturated rings. The molecular formula is C25H34. The highest BCUT2D eigenvalue weighted by Crippen LogP contribution is 2.51. The molecule has 0 bridgehead atoms. The molecule has 3 rings (SSSR count). The number of rotatable bonds is 4. The third-order valence-corrected chi connectivity index (χ3v) is 5.76. The molecule has 0 heteroatoms. The predicted molar refractivity (Wildman–Crippen MR) is 109 cm³/mol. The largest absolute Gasteiger partial charge is 0.0587 e. The molecule has 1 saturated carbocycles. The van der Waals surface area contributed by atoms with Crippen LogP contribution in [0.1, 0.15) is 76.6 Å². The molecule has 25 heavy (non-hydrogen) atoms. The van der Waals surface area contributed by atoms with E-state index >= 15 is 0 Å². The van der Waals surface area contributed by atoms with Crippen molar-refractivity contribution in [1.82, 2.24) is 0 Å². The Bertz CT molecular complexity index is 637. The second-order valence-electron chi connectivity index (χ2n) is 10.2. The summed E-state index contributed by atoms with van der Waals surface area (Å²) < 4.78 is 0. The fourth-order valence-corrected chi connectivity index (χ4v) is 3.70. The molecule has 0 aromatic heterocycles. The van der Waals surface area contributed by atoms with E-state index in [-0.39, 0.29) is 10.8 Å². The van der Waals surface area contributed by atoms with Gasteiger partial charge in [0.1, 0.15) is 0 Å². The normalized spacial score (nSPS) is 16.7. The van der Waals surface area contributed by atoms with E-state index in [0.29, 0.717) is 5.41 Å². The minimum absolute atomic E-state index is 0.241. The first-order chi connectivity index (χ1) is 11.6. The lowest BCUT2D eigenvalue weighted by molar-refractivity contribution is 0.503. The Balaban J connectivity index is 1.67. The lowest BCUT2D eigenvalue weighted by atomic mass is 9.84. The summed E-state index contributed by atoms with van der Waals surface area (Å²) in [6.45, 7) is 13.7. The molecule has 0 radical (unpaired) electrons. The van der Waals surface area contributed by atoms with Gasteiger partial charge in [-0.2, -0.15) is 0 Å². The van der Waals surface area contributed by atoms with E-state index in [1.165, 1.54) is 47.9 Å². The van der Waals surface area contributed by atoms with Gasteiger partial charge in [-0.05, 0) is 64.2 Å². The maximum Gasteiger partial charge on any atom is -0.0132 e. The lowest BCUT2D eigenvalue weighted by Gasteiger charge is -2.21. The van der Waals surface area contributed by atoms with Crippen LogP contribution < -0.4 is 0 Å². The molecule has 0 saturated heterocycles. The third kappa shape index (κ3) is 4.54. The first-order valence-corrected chi connectivity index (χ1v) is 9.76. The summed E-state index contributed by atoms with van der Waals surface area (Å²) in [6, 6.07) is 18.7. The Morgan fingerprint density at radius 1 is 0.600 bits per heavy atom. The van der Waals surface area contributed by atoms with Crippen molar-refractivity contribution in [3.8, 4) is 0 Å². The molecule has 0 heterocycles. The van der Waals surface area contributed by atoms with Crippen LogP contribution in [0.3, 0.4) is 0 Å². The van der Waals surface area contributed by atoms with Gasteiger partial charge in [0.25, 0.3) is 0 Å². The smallest absolute Gasteiger partial charge is 0.0132 e. The molecule has 0 amide bonds. The summed E-state index contributed by atoms with van der Waals surface area (Å²) >= 11 is 0. The van der Waals surface area contributed by atoms with Crippen LogP contribution in [-0.2, 0) is 23.7 Å². The molecule has 0 nitrogen and oxygen atoms in total. The lowest BCUT2D eigenvalue weighted by Crippen LogP contribution is -2.13. The van der Waals surface area contributed by atoms with Crippen LogP contribution in [0.5, 0.6) is 0 Å². The van der Waals surface area contributed by atoms with Crippen molar-refractivity contribution >= 4 is 0 Å². The molecule has 0 N–H and O–H groups in total. The fourth-order valence-electron chi connectivity index (χ4n) is 3.70. The number of hydrogen-bond acceptors (Lipinski definition) is 0. The van der Waals surface area contributed by atoms with Crippen LogP contribution in [0, 0.1) is 5.41 Å². The Labute approximate surface area is 154 Å². The Morgan fingerprint density at radius 2 is 0.920 bits per heavy atom. The van der Waals surface area contributed by atoms with E-state index in [4.69, 9.17) is 0 Å². The standard InChI is InChI=1S/C25H34/c1-23(2,3)21-11-7-19(8-12-21)17-25(15-16-25)18-20-9-13-22(14-10-20)24(4,5)6/h7-14H,15-18H2,1-6H3. The van der Waals surface area contributed by atoms with Gasteiger partial charge in [-0.25, -0.2) is 0 Å². The van der Waals surface area contributed by atoms with Crippen molar-refractivity contribution in [2.75, 3.05) is 0 Å². The van der Waals surface area contributed by atoms with Gasteiger partial charge < -0.3 is 0 Å². The number of benzene rings is 2. The highest BCUT2D eigenvalue weighted by atomic mass is 14.5. The summed E-state index contributed by atoms with van der Waals surface area (Å²) in [5.74, 6) is 0. The molecule has 1 aliphatic carbocycles. The van der Waals surface area contributed by atoms with Crippen LogP contribution in [0.25, 0.3) is 0 Å². The molecule has 0 atom stereocenters. The predicted octanol–water partition coefficient (Wildman–Crippen LogP) is 6.85. The van der Waals surface area contributed by atoms with Crippen molar-refractivity contribution in [1.29, 1.82) is 0 Å². The van der Waals surface area contributed by atoms with Crippen LogP contribution >= 0.6 is 0 Å². The van der Waals surface area contributed by atoms with E-state index in [9.17, 15) is 0 Å². The monoisotopic (exact) mass is 334 g/mol. The van der Waals surface area contributed by atoms with E-state index in [2.05, 4.69) is 90.1 Å². The second kappa shape index (κ2) is 6.31. The van der Waals surface area contributed by atoms with E-state index in [1.807, 2.05) is 0 Å². The van der Waals surface area contributed by atoms with Gasteiger partial charge in [-0.1, -0.05) is 90.1 Å². The molecule has 2 aromatic carbocycles. The fraction of sp³-hybridized carbons (Fsp3) is 0.520. The van der Waals surface area contributed by atoms with Gasteiger partial charge in [0.15, 0.2) is 0 Å². The van der Waals surface area contributed by atoms with Gasteiger partial charge in [0.05, 0.1) is 0 Å². The Morgan fingerprint density at radius 3 is 1.16 bits per heavy atom. The number of hydrogen-bond donors (Lipinski definition) is 0. The molecule has 0 unspecified atom stereocenters. The zero-order valence-corrected chi connectivity index (χ0v) is 16.9. The molecule has 1 aliphatic rings. The Hall–Kier alpha value is -1.56. The highest BCUT2D eigenvalue weighted by molar-refractivity contribution is 5.31. The van der Waals surface area contributed by atoms with Gasteiger partial charge in [0.2, 0.25) is 0 Å². The minimum atomic E-state index is 0.241. The van der Waals surface area contributed by atoms with Crippen LogP contribution in [0.15, 0.2) is 48.5 Å². The topological polar surface area (TPSA) is 0 Å². The quantitative estimate of drug-likeness (QED) is 0.573. The van der Waals surface area contributed by atoms with Crippen LogP contribution in [0.2, 0.25) is 0 Å². The first-order valence-electron chi connectivity index (χ1n) is 9.76. The zero-order valence-electron chi connectivity index (χ0n) is 16.9. The highest BCUT2D eigenvalue weighted by Gasteiger charge is 2.42. The minimum Gasteiger partial charge on any atom is -0.0587 e. The summed E-state index contributed by atoms with van der Waals surface area (Å²) in [5.41, 5.74) is 6.84. The maximum absolute atomic E-state index is 2.35. The van der Waals surface area contributed by atoms with E-state index in [0.717, 1.165) is 0 Å². The summed E-state index contributed by atoms with van der Waals surface area (Å²) in [7, 11) is 0. The van der Waals surface area contributed by atoms with Gasteiger partial charge in [0, 0.05) is 0 Å². The average Bonchev–Trinajstić information content (AvgIpc) is 3.25. The summed E-state index contributed by atoms with van der Waals surface area (Å²) in [5, 5.41) is 0. The second-order valence-corrected chi connectivity index (χ2v) is 10.2. The van der Waals surface area contributed by atoms with E-state index < -0.39 is 0 Å². The summed E-state index contributed by atoms with van der Waals surface area (Å²) in [4.78, 5) is 0.